The second-order valence-electron chi connectivity index (χ2n) is 1.35. The maximum absolute atomic E-state index is 8.38. The Morgan fingerprint density at radius 3 is 3.11 bits per heavy atom. The summed E-state index contributed by atoms with van der Waals surface area (Å²) in [7, 11) is 0. The van der Waals surface area contributed by atoms with E-state index in [-0.39, 0.29) is 6.61 Å². The number of aliphatic hydroxyl groups excluding tert-OH is 1. The Balaban J connectivity index is 2.30. The van der Waals surface area contributed by atoms with Crippen LogP contribution in [0.4, 0.5) is 0 Å². The summed E-state index contributed by atoms with van der Waals surface area (Å²) < 4.78 is 1.61. The van der Waals surface area contributed by atoms with Crippen molar-refractivity contribution in [2.75, 3.05) is 12.4 Å². The highest BCUT2D eigenvalue weighted by atomic mass is 32.2. The van der Waals surface area contributed by atoms with Crippen LogP contribution in [0.25, 0.3) is 0 Å². The van der Waals surface area contributed by atoms with Gasteiger partial charge in [0.05, 0.1) is 6.61 Å². The molecule has 0 atom stereocenters. The van der Waals surface area contributed by atoms with E-state index in [9.17, 15) is 0 Å². The largest absolute Gasteiger partial charge is 0.395 e. The molecular formula is C4H7N3OS. The second-order valence-corrected chi connectivity index (χ2v) is 2.40. The minimum absolute atomic E-state index is 0.171. The quantitative estimate of drug-likeness (QED) is 0.638. The van der Waals surface area contributed by atoms with Crippen LogP contribution in [0, 0.1) is 0 Å². The molecule has 0 bridgehead atoms. The average molecular weight is 145 g/mol. The fourth-order valence-electron chi connectivity index (χ4n) is 0.398. The van der Waals surface area contributed by atoms with Crippen molar-refractivity contribution in [2.24, 2.45) is 0 Å². The van der Waals surface area contributed by atoms with Crippen molar-refractivity contribution < 1.29 is 5.11 Å². The predicted octanol–water partition coefficient (Wildman–Crippen LogP) is -0.233. The molecule has 1 heterocycles. The summed E-state index contributed by atoms with van der Waals surface area (Å²) in [4.78, 5) is 3.72. The third kappa shape index (κ3) is 2.03. The number of nitrogens with zero attached hydrogens (tertiary/aromatic N) is 3. The topological polar surface area (TPSA) is 50.9 Å². The molecule has 0 fully saturated rings. The molecule has 0 saturated carbocycles. The molecule has 0 aliphatic heterocycles. The lowest BCUT2D eigenvalue weighted by Gasteiger charge is -1.92. The molecule has 5 heteroatoms. The van der Waals surface area contributed by atoms with Gasteiger partial charge < -0.3 is 5.11 Å². The third-order valence-corrected chi connectivity index (χ3v) is 1.53. The van der Waals surface area contributed by atoms with Gasteiger partial charge in [-0.2, -0.15) is 4.09 Å². The van der Waals surface area contributed by atoms with E-state index in [2.05, 4.69) is 10.1 Å². The van der Waals surface area contributed by atoms with E-state index in [0.717, 1.165) is 0 Å². The lowest BCUT2D eigenvalue weighted by molar-refractivity contribution is 0.322. The molecule has 1 rings (SSSR count). The van der Waals surface area contributed by atoms with E-state index >= 15 is 0 Å². The second kappa shape index (κ2) is 3.47. The van der Waals surface area contributed by atoms with Crippen molar-refractivity contribution in [3.63, 3.8) is 0 Å². The van der Waals surface area contributed by atoms with Gasteiger partial charge in [-0.3, -0.25) is 0 Å². The first-order chi connectivity index (χ1) is 4.43. The Bertz CT molecular complexity index is 153. The SMILES string of the molecule is OCCSn1cncn1. The van der Waals surface area contributed by atoms with Crippen LogP contribution in [0.1, 0.15) is 0 Å². The highest BCUT2D eigenvalue weighted by Gasteiger charge is 1.88. The average Bonchev–Trinajstić information content (AvgIpc) is 2.34. The van der Waals surface area contributed by atoms with Crippen molar-refractivity contribution in [1.82, 2.24) is 14.2 Å². The van der Waals surface area contributed by atoms with Crippen LogP contribution in [-0.2, 0) is 0 Å². The lowest BCUT2D eigenvalue weighted by Crippen LogP contribution is -1.92. The summed E-state index contributed by atoms with van der Waals surface area (Å²) in [6.07, 6.45) is 3.06. The number of rotatable bonds is 3. The number of aliphatic hydroxyl groups is 1. The van der Waals surface area contributed by atoms with Crippen molar-refractivity contribution in [3.05, 3.63) is 12.7 Å². The number of hydrogen-bond acceptors (Lipinski definition) is 4. The Kier molecular flexibility index (Phi) is 2.53. The normalized spacial score (nSPS) is 9.89. The first-order valence-corrected chi connectivity index (χ1v) is 3.46. The molecule has 0 spiro atoms. The van der Waals surface area contributed by atoms with Crippen LogP contribution in [0.15, 0.2) is 12.7 Å². The van der Waals surface area contributed by atoms with Crippen molar-refractivity contribution in [2.45, 2.75) is 0 Å². The molecule has 0 unspecified atom stereocenters. The first-order valence-electron chi connectivity index (χ1n) is 2.52. The van der Waals surface area contributed by atoms with Gasteiger partial charge >= 0.3 is 0 Å². The fourth-order valence-corrected chi connectivity index (χ4v) is 0.897. The molecule has 0 aromatic carbocycles. The van der Waals surface area contributed by atoms with E-state index in [0.29, 0.717) is 5.75 Å². The van der Waals surface area contributed by atoms with Crippen LogP contribution in [0.3, 0.4) is 0 Å². The van der Waals surface area contributed by atoms with Gasteiger partial charge in [-0.25, -0.2) is 4.98 Å². The van der Waals surface area contributed by atoms with E-state index in [1.165, 1.54) is 18.3 Å². The summed E-state index contributed by atoms with van der Waals surface area (Å²) in [6, 6.07) is 0. The Labute approximate surface area is 57.0 Å². The van der Waals surface area contributed by atoms with E-state index in [1.54, 1.807) is 10.4 Å². The Morgan fingerprint density at radius 2 is 2.56 bits per heavy atom. The van der Waals surface area contributed by atoms with Crippen LogP contribution < -0.4 is 0 Å². The van der Waals surface area contributed by atoms with E-state index in [1.807, 2.05) is 0 Å². The van der Waals surface area contributed by atoms with Crippen LogP contribution in [0.5, 0.6) is 0 Å². The molecule has 1 N–H and O–H groups in total. The van der Waals surface area contributed by atoms with Crippen LogP contribution in [-0.4, -0.2) is 31.6 Å². The number of aromatic nitrogens is 3. The highest BCUT2D eigenvalue weighted by Crippen LogP contribution is 1.98. The summed E-state index contributed by atoms with van der Waals surface area (Å²) in [5.41, 5.74) is 0. The maximum Gasteiger partial charge on any atom is 0.138 e. The zero-order valence-corrected chi connectivity index (χ0v) is 5.58. The van der Waals surface area contributed by atoms with Crippen molar-refractivity contribution >= 4 is 11.9 Å². The van der Waals surface area contributed by atoms with Crippen molar-refractivity contribution in [3.8, 4) is 0 Å². The molecule has 0 aliphatic carbocycles. The van der Waals surface area contributed by atoms with Gasteiger partial charge in [-0.1, -0.05) is 0 Å². The highest BCUT2D eigenvalue weighted by molar-refractivity contribution is 7.97. The summed E-state index contributed by atoms with van der Waals surface area (Å²) >= 11 is 1.42. The molecular weight excluding hydrogens is 138 g/mol. The maximum atomic E-state index is 8.38. The standard InChI is InChI=1S/C4H7N3OS/c8-1-2-9-7-4-5-3-6-7/h3-4,8H,1-2H2. The van der Waals surface area contributed by atoms with E-state index in [4.69, 9.17) is 5.11 Å². The minimum atomic E-state index is 0.171. The summed E-state index contributed by atoms with van der Waals surface area (Å²) in [5.74, 6) is 0.656. The molecule has 1 aromatic rings. The third-order valence-electron chi connectivity index (χ3n) is 0.712. The van der Waals surface area contributed by atoms with Gasteiger partial charge in [0.15, 0.2) is 0 Å². The molecule has 1 aromatic heterocycles. The molecule has 0 amide bonds. The molecule has 50 valence electrons. The van der Waals surface area contributed by atoms with Gasteiger partial charge in [-0.05, 0) is 11.9 Å². The zero-order chi connectivity index (χ0) is 6.53. The number of hydrogen-bond donors (Lipinski definition) is 1. The Morgan fingerprint density at radius 1 is 1.67 bits per heavy atom. The summed E-state index contributed by atoms with van der Waals surface area (Å²) in [6.45, 7) is 0.171. The summed E-state index contributed by atoms with van der Waals surface area (Å²) in [5, 5.41) is 12.2. The molecule has 0 radical (unpaired) electrons. The van der Waals surface area contributed by atoms with E-state index < -0.39 is 0 Å². The molecule has 9 heavy (non-hydrogen) atoms. The molecule has 0 saturated heterocycles. The minimum Gasteiger partial charge on any atom is -0.395 e. The van der Waals surface area contributed by atoms with Gasteiger partial charge in [-0.15, -0.1) is 5.10 Å². The van der Waals surface area contributed by atoms with Gasteiger partial charge in [0, 0.05) is 5.75 Å². The van der Waals surface area contributed by atoms with Crippen LogP contribution in [0.2, 0.25) is 0 Å². The molecule has 0 aliphatic rings. The predicted molar refractivity (Wildman–Crippen MR) is 35.0 cm³/mol. The monoisotopic (exact) mass is 145 g/mol. The van der Waals surface area contributed by atoms with Gasteiger partial charge in [0.25, 0.3) is 0 Å². The smallest absolute Gasteiger partial charge is 0.138 e. The van der Waals surface area contributed by atoms with Gasteiger partial charge in [0.2, 0.25) is 0 Å². The Hall–Kier alpha value is -0.550. The van der Waals surface area contributed by atoms with Crippen molar-refractivity contribution in [1.29, 1.82) is 0 Å². The van der Waals surface area contributed by atoms with Crippen LogP contribution >= 0.6 is 11.9 Å². The first kappa shape index (κ1) is 6.57. The van der Waals surface area contributed by atoms with Gasteiger partial charge in [0.1, 0.15) is 12.7 Å². The molecule has 4 nitrogen and oxygen atoms in total. The zero-order valence-electron chi connectivity index (χ0n) is 4.77. The lowest BCUT2D eigenvalue weighted by atomic mass is 10.9. The fraction of sp³-hybridized carbons (Fsp3) is 0.500.